The van der Waals surface area contributed by atoms with E-state index in [1.54, 1.807) is 24.2 Å². The maximum Gasteiger partial charge on any atom is 0.251 e. The molecular weight excluding hydrogens is 200 g/mol. The molecule has 0 radical (unpaired) electrons. The van der Waals surface area contributed by atoms with Crippen molar-refractivity contribution in [2.45, 2.75) is 19.5 Å². The number of pyridine rings is 1. The maximum absolute atomic E-state index is 12.1. The lowest BCUT2D eigenvalue weighted by atomic mass is 10.2. The van der Waals surface area contributed by atoms with Crippen molar-refractivity contribution in [1.82, 2.24) is 9.88 Å². The summed E-state index contributed by atoms with van der Waals surface area (Å²) in [7, 11) is 1.65. The number of halogens is 2. The zero-order valence-electron chi connectivity index (χ0n) is 8.66. The van der Waals surface area contributed by atoms with Gasteiger partial charge in [0.1, 0.15) is 0 Å². The van der Waals surface area contributed by atoms with Crippen molar-refractivity contribution in [2.24, 2.45) is 5.73 Å². The second-order valence-corrected chi connectivity index (χ2v) is 3.40. The van der Waals surface area contributed by atoms with Crippen molar-refractivity contribution in [2.75, 3.05) is 13.6 Å². The van der Waals surface area contributed by atoms with E-state index >= 15 is 0 Å². The molecule has 5 heteroatoms. The Morgan fingerprint density at radius 2 is 2.27 bits per heavy atom. The highest BCUT2D eigenvalue weighted by atomic mass is 19.3. The van der Waals surface area contributed by atoms with Gasteiger partial charge in [-0.1, -0.05) is 6.07 Å². The predicted molar refractivity (Wildman–Crippen MR) is 54.5 cm³/mol. The van der Waals surface area contributed by atoms with E-state index in [4.69, 9.17) is 5.73 Å². The van der Waals surface area contributed by atoms with Crippen LogP contribution in [-0.4, -0.2) is 29.9 Å². The minimum atomic E-state index is -2.31. The molecule has 0 aliphatic rings. The highest BCUT2D eigenvalue weighted by Crippen LogP contribution is 2.08. The zero-order chi connectivity index (χ0) is 11.3. The van der Waals surface area contributed by atoms with Crippen LogP contribution in [0.25, 0.3) is 0 Å². The molecule has 15 heavy (non-hydrogen) atoms. The average Bonchev–Trinajstić information content (AvgIpc) is 2.17. The minimum absolute atomic E-state index is 0.237. The minimum Gasteiger partial charge on any atom is -0.325 e. The second-order valence-electron chi connectivity index (χ2n) is 3.40. The molecule has 1 rings (SSSR count). The van der Waals surface area contributed by atoms with Gasteiger partial charge in [0.05, 0.1) is 12.2 Å². The van der Waals surface area contributed by atoms with Crippen LogP contribution in [0.4, 0.5) is 8.78 Å². The summed E-state index contributed by atoms with van der Waals surface area (Å²) in [5.74, 6) is 0. The van der Waals surface area contributed by atoms with Gasteiger partial charge in [-0.2, -0.15) is 0 Å². The molecule has 0 aliphatic heterocycles. The standard InChI is InChI=1S/C10H15F2N3/c1-15(7-10(11)12)6-8-3-2-4-14-9(8)5-13/h2-4,10H,5-7,13H2,1H3. The predicted octanol–water partition coefficient (Wildman–Crippen LogP) is 1.24. The number of hydrogen-bond donors (Lipinski definition) is 1. The third-order valence-corrected chi connectivity index (χ3v) is 2.07. The van der Waals surface area contributed by atoms with Crippen molar-refractivity contribution >= 4 is 0 Å². The highest BCUT2D eigenvalue weighted by molar-refractivity contribution is 5.19. The fourth-order valence-electron chi connectivity index (χ4n) is 1.39. The molecule has 0 aromatic carbocycles. The van der Waals surface area contributed by atoms with Crippen molar-refractivity contribution in [3.8, 4) is 0 Å². The molecule has 0 aliphatic carbocycles. The SMILES string of the molecule is CN(Cc1cccnc1CN)CC(F)F. The van der Waals surface area contributed by atoms with E-state index < -0.39 is 6.43 Å². The second kappa shape index (κ2) is 5.72. The normalized spacial score (nSPS) is 11.3. The summed E-state index contributed by atoms with van der Waals surface area (Å²) in [5.41, 5.74) is 7.17. The Labute approximate surface area is 87.9 Å². The molecule has 0 atom stereocenters. The first kappa shape index (κ1) is 12.0. The van der Waals surface area contributed by atoms with Crippen LogP contribution in [-0.2, 0) is 13.1 Å². The van der Waals surface area contributed by atoms with Gasteiger partial charge in [-0.3, -0.25) is 9.88 Å². The van der Waals surface area contributed by atoms with E-state index in [9.17, 15) is 8.78 Å². The molecule has 84 valence electrons. The summed E-state index contributed by atoms with van der Waals surface area (Å²) >= 11 is 0. The number of nitrogens with zero attached hydrogens (tertiary/aromatic N) is 2. The van der Waals surface area contributed by atoms with Gasteiger partial charge in [0.15, 0.2) is 0 Å². The number of nitrogens with two attached hydrogens (primary N) is 1. The van der Waals surface area contributed by atoms with E-state index in [1.165, 1.54) is 0 Å². The van der Waals surface area contributed by atoms with E-state index in [-0.39, 0.29) is 6.54 Å². The maximum atomic E-state index is 12.1. The third kappa shape index (κ3) is 3.89. The molecule has 0 unspecified atom stereocenters. The van der Waals surface area contributed by atoms with Gasteiger partial charge in [-0.05, 0) is 18.7 Å². The summed E-state index contributed by atoms with van der Waals surface area (Å²) in [6, 6.07) is 3.64. The van der Waals surface area contributed by atoms with Gasteiger partial charge >= 0.3 is 0 Å². The zero-order valence-corrected chi connectivity index (χ0v) is 8.66. The van der Waals surface area contributed by atoms with Crippen molar-refractivity contribution in [3.05, 3.63) is 29.6 Å². The van der Waals surface area contributed by atoms with Gasteiger partial charge in [0.2, 0.25) is 0 Å². The fraction of sp³-hybridized carbons (Fsp3) is 0.500. The number of aromatic nitrogens is 1. The molecule has 3 nitrogen and oxygen atoms in total. The van der Waals surface area contributed by atoms with Crippen LogP contribution in [0.3, 0.4) is 0 Å². The Morgan fingerprint density at radius 1 is 1.53 bits per heavy atom. The first-order chi connectivity index (χ1) is 7.13. The molecule has 0 bridgehead atoms. The molecule has 1 aromatic heterocycles. The van der Waals surface area contributed by atoms with Crippen LogP contribution < -0.4 is 5.73 Å². The van der Waals surface area contributed by atoms with Crippen LogP contribution in [0.5, 0.6) is 0 Å². The van der Waals surface area contributed by atoms with Gasteiger partial charge < -0.3 is 5.73 Å². The average molecular weight is 215 g/mol. The summed E-state index contributed by atoms with van der Waals surface area (Å²) in [6.07, 6.45) is -0.660. The molecule has 2 N–H and O–H groups in total. The fourth-order valence-corrected chi connectivity index (χ4v) is 1.39. The topological polar surface area (TPSA) is 42.2 Å². The molecule has 0 saturated carbocycles. The van der Waals surface area contributed by atoms with E-state index in [0.29, 0.717) is 13.1 Å². The molecular formula is C10H15F2N3. The molecule has 0 fully saturated rings. The van der Waals surface area contributed by atoms with Crippen molar-refractivity contribution in [1.29, 1.82) is 0 Å². The smallest absolute Gasteiger partial charge is 0.251 e. The quantitative estimate of drug-likeness (QED) is 0.803. The van der Waals surface area contributed by atoms with Gasteiger partial charge in [-0.25, -0.2) is 8.78 Å². The van der Waals surface area contributed by atoms with E-state index in [0.717, 1.165) is 11.3 Å². The lowest BCUT2D eigenvalue weighted by Crippen LogP contribution is -2.25. The number of rotatable bonds is 5. The third-order valence-electron chi connectivity index (χ3n) is 2.07. The van der Waals surface area contributed by atoms with Crippen LogP contribution in [0, 0.1) is 0 Å². The molecule has 1 heterocycles. The van der Waals surface area contributed by atoms with E-state index in [1.807, 2.05) is 6.07 Å². The van der Waals surface area contributed by atoms with Gasteiger partial charge in [-0.15, -0.1) is 0 Å². The Balaban J connectivity index is 2.63. The first-order valence-corrected chi connectivity index (χ1v) is 4.73. The lowest BCUT2D eigenvalue weighted by molar-refractivity contribution is 0.0974. The highest BCUT2D eigenvalue weighted by Gasteiger charge is 2.10. The molecule has 0 amide bonds. The summed E-state index contributed by atoms with van der Waals surface area (Å²) in [5, 5.41) is 0. The van der Waals surface area contributed by atoms with Crippen LogP contribution in [0.15, 0.2) is 18.3 Å². The Hall–Kier alpha value is -1.07. The Bertz CT molecular complexity index is 304. The van der Waals surface area contributed by atoms with Crippen LogP contribution >= 0.6 is 0 Å². The summed E-state index contributed by atoms with van der Waals surface area (Å²) < 4.78 is 24.2. The van der Waals surface area contributed by atoms with Gasteiger partial charge in [0.25, 0.3) is 6.43 Å². The van der Waals surface area contributed by atoms with Gasteiger partial charge in [0, 0.05) is 19.3 Å². The first-order valence-electron chi connectivity index (χ1n) is 4.73. The molecule has 1 aromatic rings. The Kier molecular flexibility index (Phi) is 4.58. The lowest BCUT2D eigenvalue weighted by Gasteiger charge is -2.17. The number of alkyl halides is 2. The monoisotopic (exact) mass is 215 g/mol. The summed E-state index contributed by atoms with van der Waals surface area (Å²) in [6.45, 7) is 0.544. The Morgan fingerprint density at radius 3 is 2.87 bits per heavy atom. The molecule has 0 spiro atoms. The molecule has 0 saturated heterocycles. The van der Waals surface area contributed by atoms with Crippen LogP contribution in [0.2, 0.25) is 0 Å². The van der Waals surface area contributed by atoms with E-state index in [2.05, 4.69) is 4.98 Å². The van der Waals surface area contributed by atoms with Crippen molar-refractivity contribution < 1.29 is 8.78 Å². The largest absolute Gasteiger partial charge is 0.325 e. The van der Waals surface area contributed by atoms with Crippen molar-refractivity contribution in [3.63, 3.8) is 0 Å². The number of hydrogen-bond acceptors (Lipinski definition) is 3. The van der Waals surface area contributed by atoms with Crippen LogP contribution in [0.1, 0.15) is 11.3 Å². The summed E-state index contributed by atoms with van der Waals surface area (Å²) in [4.78, 5) is 5.65.